The molecule has 2 aromatic carbocycles. The van der Waals surface area contributed by atoms with E-state index in [2.05, 4.69) is 15.9 Å². The van der Waals surface area contributed by atoms with Gasteiger partial charge in [-0.2, -0.15) is 0 Å². The van der Waals surface area contributed by atoms with Crippen LogP contribution in [-0.2, 0) is 20.0 Å². The molecule has 0 atom stereocenters. The average Bonchev–Trinajstić information content (AvgIpc) is 2.55. The molecule has 0 aliphatic heterocycles. The van der Waals surface area contributed by atoms with E-state index < -0.39 is 35.7 Å². The predicted octanol–water partition coefficient (Wildman–Crippen LogP) is 2.00. The lowest BCUT2D eigenvalue weighted by Crippen LogP contribution is -2.32. The first-order valence-corrected chi connectivity index (χ1v) is 11.4. The molecule has 0 saturated heterocycles. The van der Waals surface area contributed by atoms with E-state index in [1.54, 1.807) is 19.9 Å². The summed E-state index contributed by atoms with van der Waals surface area (Å²) in [6, 6.07) is 9.27. The first-order chi connectivity index (χ1) is 12.4. The van der Waals surface area contributed by atoms with Gasteiger partial charge in [0.25, 0.3) is 15.9 Å². The van der Waals surface area contributed by atoms with E-state index in [-0.39, 0.29) is 16.1 Å². The fourth-order valence-corrected chi connectivity index (χ4v) is 5.06. The molecule has 0 heterocycles. The van der Waals surface area contributed by atoms with Crippen molar-refractivity contribution in [3.63, 3.8) is 0 Å². The van der Waals surface area contributed by atoms with E-state index in [9.17, 15) is 21.6 Å². The third kappa shape index (κ3) is 5.06. The van der Waals surface area contributed by atoms with Crippen molar-refractivity contribution >= 4 is 41.9 Å². The van der Waals surface area contributed by atoms with Gasteiger partial charge < -0.3 is 4.74 Å². The summed E-state index contributed by atoms with van der Waals surface area (Å²) in [4.78, 5) is 11.3. The van der Waals surface area contributed by atoms with Crippen molar-refractivity contribution in [1.29, 1.82) is 0 Å². The van der Waals surface area contributed by atoms with E-state index in [0.717, 1.165) is 12.1 Å². The predicted molar refractivity (Wildman–Crippen MR) is 102 cm³/mol. The highest BCUT2D eigenvalue weighted by Crippen LogP contribution is 2.30. The van der Waals surface area contributed by atoms with Gasteiger partial charge in [0, 0.05) is 0 Å². The van der Waals surface area contributed by atoms with Gasteiger partial charge in [0.05, 0.1) is 16.1 Å². The summed E-state index contributed by atoms with van der Waals surface area (Å²) in [6.07, 6.45) is -0.162. The van der Waals surface area contributed by atoms with Crippen molar-refractivity contribution in [1.82, 2.24) is 4.72 Å². The van der Waals surface area contributed by atoms with Crippen LogP contribution >= 0.6 is 15.9 Å². The number of ether oxygens (including phenoxy) is 1. The van der Waals surface area contributed by atoms with Gasteiger partial charge in [-0.3, -0.25) is 4.79 Å². The fourth-order valence-electron chi connectivity index (χ4n) is 2.17. The minimum Gasteiger partial charge on any atom is -0.490 e. The van der Waals surface area contributed by atoms with Crippen LogP contribution in [0.5, 0.6) is 5.75 Å². The summed E-state index contributed by atoms with van der Waals surface area (Å²) < 4.78 is 56.0. The molecular weight excluding hydrogens is 460 g/mol. The number of sulfonamides is 2. The van der Waals surface area contributed by atoms with E-state index in [1.165, 1.54) is 24.3 Å². The van der Waals surface area contributed by atoms with Crippen LogP contribution in [0.15, 0.2) is 56.7 Å². The number of benzene rings is 2. The highest BCUT2D eigenvalue weighted by atomic mass is 79.9. The average molecular weight is 477 g/mol. The van der Waals surface area contributed by atoms with Gasteiger partial charge in [-0.15, -0.1) is 0 Å². The van der Waals surface area contributed by atoms with Crippen LogP contribution < -0.4 is 14.6 Å². The summed E-state index contributed by atoms with van der Waals surface area (Å²) >= 11 is 3.22. The molecule has 0 aliphatic carbocycles. The van der Waals surface area contributed by atoms with Gasteiger partial charge in [0.15, 0.2) is 0 Å². The third-order valence-electron chi connectivity index (χ3n) is 3.24. The molecule has 0 aliphatic rings. The van der Waals surface area contributed by atoms with E-state index in [0.29, 0.717) is 5.75 Å². The van der Waals surface area contributed by atoms with Crippen LogP contribution in [0.3, 0.4) is 0 Å². The summed E-state index contributed by atoms with van der Waals surface area (Å²) in [6.45, 7) is 3.60. The minimum absolute atomic E-state index is 0.00446. The normalized spacial score (nSPS) is 12.0. The van der Waals surface area contributed by atoms with E-state index >= 15 is 0 Å². The molecule has 0 saturated carbocycles. The summed E-state index contributed by atoms with van der Waals surface area (Å²) in [5.41, 5.74) is 0.00446. The molecule has 0 bridgehead atoms. The largest absolute Gasteiger partial charge is 0.490 e. The molecule has 146 valence electrons. The number of carbonyl (C=O) groups is 1. The Hall–Kier alpha value is -1.95. The molecule has 11 heteroatoms. The minimum atomic E-state index is -4.49. The van der Waals surface area contributed by atoms with Crippen LogP contribution in [0.4, 0.5) is 0 Å². The molecular formula is C16H17BrN2O6S2. The topological polar surface area (TPSA) is 133 Å². The Kier molecular flexibility index (Phi) is 6.30. The van der Waals surface area contributed by atoms with Gasteiger partial charge in [-0.1, -0.05) is 18.2 Å². The van der Waals surface area contributed by atoms with Crippen LogP contribution in [0.1, 0.15) is 24.2 Å². The van der Waals surface area contributed by atoms with Crippen LogP contribution in [0.2, 0.25) is 0 Å². The Balaban J connectivity index is 2.42. The number of carbonyl (C=O) groups excluding carboxylic acids is 1. The molecule has 0 fully saturated rings. The fraction of sp³-hybridized carbons (Fsp3) is 0.188. The van der Waals surface area contributed by atoms with E-state index in [1.807, 2.05) is 4.72 Å². The lowest BCUT2D eigenvalue weighted by atomic mass is 10.2. The Bertz CT molecular complexity index is 1080. The SMILES string of the molecule is CC(C)Oc1cccc(C(=O)NS(=O)(=O)c2ccccc2S(N)(=O)=O)c1Br. The highest BCUT2D eigenvalue weighted by Gasteiger charge is 2.27. The second-order valence-electron chi connectivity index (χ2n) is 5.71. The molecule has 3 N–H and O–H groups in total. The van der Waals surface area contributed by atoms with Crippen molar-refractivity contribution < 1.29 is 26.4 Å². The summed E-state index contributed by atoms with van der Waals surface area (Å²) in [5.74, 6) is -0.597. The van der Waals surface area contributed by atoms with Crippen LogP contribution in [0, 0.1) is 0 Å². The van der Waals surface area contributed by atoms with Gasteiger partial charge >= 0.3 is 0 Å². The molecule has 0 spiro atoms. The summed E-state index contributed by atoms with van der Waals surface area (Å²) in [5, 5.41) is 5.06. The van der Waals surface area contributed by atoms with E-state index in [4.69, 9.17) is 9.88 Å². The molecule has 8 nitrogen and oxygen atoms in total. The van der Waals surface area contributed by atoms with Gasteiger partial charge in [0.1, 0.15) is 15.5 Å². The quantitative estimate of drug-likeness (QED) is 0.654. The number of hydrogen-bond acceptors (Lipinski definition) is 6. The molecule has 2 rings (SSSR count). The number of rotatable bonds is 6. The number of nitrogens with one attached hydrogen (secondary N) is 1. The lowest BCUT2D eigenvalue weighted by Gasteiger charge is -2.14. The van der Waals surface area contributed by atoms with Crippen LogP contribution in [-0.4, -0.2) is 28.8 Å². The monoisotopic (exact) mass is 476 g/mol. The van der Waals surface area contributed by atoms with Gasteiger partial charge in [-0.25, -0.2) is 26.7 Å². The number of nitrogens with two attached hydrogens (primary N) is 1. The van der Waals surface area contributed by atoms with Crippen LogP contribution in [0.25, 0.3) is 0 Å². The molecule has 1 amide bonds. The standard InChI is InChI=1S/C16H17BrN2O6S2/c1-10(2)25-12-7-5-6-11(15(12)17)16(20)19-27(23,24)14-9-4-3-8-13(14)26(18,21)22/h3-10H,1-2H3,(H,19,20)(H2,18,21,22). The molecule has 0 radical (unpaired) electrons. The Labute approximate surface area is 166 Å². The maximum Gasteiger partial charge on any atom is 0.266 e. The Morgan fingerprint density at radius 2 is 1.63 bits per heavy atom. The van der Waals surface area contributed by atoms with Gasteiger partial charge in [0.2, 0.25) is 10.0 Å². The number of primary sulfonamides is 1. The first kappa shape index (κ1) is 21.4. The zero-order valence-electron chi connectivity index (χ0n) is 14.3. The lowest BCUT2D eigenvalue weighted by molar-refractivity contribution is 0.0979. The van der Waals surface area contributed by atoms with Crippen molar-refractivity contribution in [2.24, 2.45) is 5.14 Å². The van der Waals surface area contributed by atoms with Crippen molar-refractivity contribution in [3.8, 4) is 5.75 Å². The van der Waals surface area contributed by atoms with Gasteiger partial charge in [-0.05, 0) is 54.0 Å². The number of amides is 1. The second kappa shape index (κ2) is 7.97. The smallest absolute Gasteiger partial charge is 0.266 e. The maximum atomic E-state index is 12.6. The third-order valence-corrected chi connectivity index (χ3v) is 6.55. The van der Waals surface area contributed by atoms with Crippen molar-refractivity contribution in [2.75, 3.05) is 0 Å². The molecule has 0 unspecified atom stereocenters. The summed E-state index contributed by atoms with van der Waals surface area (Å²) in [7, 11) is -8.80. The zero-order valence-corrected chi connectivity index (χ0v) is 17.6. The first-order valence-electron chi connectivity index (χ1n) is 7.57. The molecule has 2 aromatic rings. The van der Waals surface area contributed by atoms with Crippen molar-refractivity contribution in [3.05, 3.63) is 52.5 Å². The second-order valence-corrected chi connectivity index (χ2v) is 9.68. The number of halogens is 1. The highest BCUT2D eigenvalue weighted by molar-refractivity contribution is 9.10. The number of hydrogen-bond donors (Lipinski definition) is 2. The molecule has 27 heavy (non-hydrogen) atoms. The maximum absolute atomic E-state index is 12.6. The zero-order chi connectivity index (χ0) is 20.4. The Morgan fingerprint density at radius 1 is 1.04 bits per heavy atom. The Morgan fingerprint density at radius 3 is 2.19 bits per heavy atom. The van der Waals surface area contributed by atoms with Crippen molar-refractivity contribution in [2.45, 2.75) is 29.7 Å². The molecule has 0 aromatic heterocycles.